The van der Waals surface area contributed by atoms with E-state index in [1.165, 1.54) is 126 Å². The molecule has 0 fully saturated rings. The monoisotopic (exact) mass is 1460 g/mol. The minimum atomic E-state index is 0.0622. The van der Waals surface area contributed by atoms with E-state index in [-0.39, 0.29) is 26.9 Å². The molecule has 11 nitrogen and oxygen atoms in total. The first-order valence-electron chi connectivity index (χ1n) is 38.9. The Bertz CT molecular complexity index is 8000. The third-order valence-electron chi connectivity index (χ3n) is 25.2. The van der Waals surface area contributed by atoms with Crippen molar-refractivity contribution in [2.75, 3.05) is 0 Å². The van der Waals surface area contributed by atoms with Crippen molar-refractivity contribution >= 4 is 197 Å². The van der Waals surface area contributed by atoms with Crippen LogP contribution in [0.15, 0.2) is 315 Å². The van der Waals surface area contributed by atoms with Crippen LogP contribution in [0, 0.1) is 26.6 Å². The van der Waals surface area contributed by atoms with E-state index in [1.807, 2.05) is 54.6 Å². The Hall–Kier alpha value is -15.4. The smallest absolute Gasteiger partial charge is 0.256 e. The molecule has 20 aromatic rings. The van der Waals surface area contributed by atoms with Crippen molar-refractivity contribution in [2.45, 2.75) is 6.92 Å². The van der Waals surface area contributed by atoms with Gasteiger partial charge in [-0.05, 0) is 192 Å². The van der Waals surface area contributed by atoms with Gasteiger partial charge in [-0.1, -0.05) is 212 Å². The molecular formula is C100H55B4N7O4. The molecule has 526 valence electrons. The van der Waals surface area contributed by atoms with E-state index in [4.69, 9.17) is 38.7 Å². The topological polar surface area (TPSA) is 69.7 Å². The van der Waals surface area contributed by atoms with Crippen LogP contribution in [0.5, 0.6) is 46.0 Å². The van der Waals surface area contributed by atoms with Crippen molar-refractivity contribution in [3.8, 4) is 68.7 Å². The molecule has 0 atom stereocenters. The fourth-order valence-corrected chi connectivity index (χ4v) is 20.8. The second-order valence-electron chi connectivity index (χ2n) is 30.7. The van der Waals surface area contributed by atoms with Gasteiger partial charge < -0.3 is 37.2 Å². The average molecular weight is 1460 g/mol. The summed E-state index contributed by atoms with van der Waals surface area (Å²) in [6.45, 7) is 25.9. The van der Waals surface area contributed by atoms with Gasteiger partial charge in [0.25, 0.3) is 26.9 Å². The Morgan fingerprint density at radius 2 is 0.626 bits per heavy atom. The lowest BCUT2D eigenvalue weighted by Crippen LogP contribution is -2.58. The van der Waals surface area contributed by atoms with E-state index in [9.17, 15) is 0 Å². The van der Waals surface area contributed by atoms with Gasteiger partial charge in [0.15, 0.2) is 0 Å². The molecule has 0 unspecified atom stereocenters. The Kier molecular flexibility index (Phi) is 13.0. The van der Waals surface area contributed by atoms with Gasteiger partial charge in [-0.25, -0.2) is 14.5 Å². The van der Waals surface area contributed by atoms with E-state index in [1.54, 1.807) is 0 Å². The summed E-state index contributed by atoms with van der Waals surface area (Å²) in [6.07, 6.45) is 0. The number of fused-ring (bicyclic) bond motifs is 32. The fourth-order valence-electron chi connectivity index (χ4n) is 20.8. The maximum absolute atomic E-state index is 7.85. The molecule has 4 aromatic heterocycles. The minimum Gasteiger partial charge on any atom is -0.469 e. The number of benzene rings is 16. The molecule has 0 saturated heterocycles. The predicted molar refractivity (Wildman–Crippen MR) is 471 cm³/mol. The molecule has 15 heteroatoms. The van der Waals surface area contributed by atoms with Crippen LogP contribution in [-0.2, 0) is 0 Å². The van der Waals surface area contributed by atoms with Crippen molar-refractivity contribution in [1.82, 2.24) is 18.3 Å². The van der Waals surface area contributed by atoms with Crippen LogP contribution >= 0.6 is 0 Å². The van der Waals surface area contributed by atoms with Gasteiger partial charge in [-0.15, -0.1) is 0 Å². The van der Waals surface area contributed by atoms with Crippen molar-refractivity contribution in [3.05, 3.63) is 355 Å². The van der Waals surface area contributed by atoms with Gasteiger partial charge in [-0.2, -0.15) is 0 Å². The number of aromatic nitrogens is 4. The summed E-state index contributed by atoms with van der Waals surface area (Å²) in [7, 11) is 0. The number of para-hydroxylation sites is 11. The van der Waals surface area contributed by atoms with Crippen LogP contribution in [0.25, 0.3) is 125 Å². The van der Waals surface area contributed by atoms with Gasteiger partial charge in [0.2, 0.25) is 17.1 Å². The zero-order valence-corrected chi connectivity index (χ0v) is 61.6. The van der Waals surface area contributed by atoms with E-state index >= 15 is 0 Å². The Labute approximate surface area is 660 Å². The van der Waals surface area contributed by atoms with E-state index in [2.05, 4.69) is 301 Å². The predicted octanol–water partition coefficient (Wildman–Crippen LogP) is 16.8. The van der Waals surface area contributed by atoms with Crippen LogP contribution in [0.4, 0.5) is 17.1 Å². The van der Waals surface area contributed by atoms with Gasteiger partial charge >= 0.3 is 0 Å². The normalized spacial score (nSPS) is 13.1. The lowest BCUT2D eigenvalue weighted by Gasteiger charge is -2.33. The Balaban J connectivity index is 0.0000000862. The van der Waals surface area contributed by atoms with Crippen LogP contribution in [0.3, 0.4) is 0 Å². The summed E-state index contributed by atoms with van der Waals surface area (Å²) >= 11 is 0. The van der Waals surface area contributed by atoms with Crippen molar-refractivity contribution < 1.29 is 18.9 Å². The largest absolute Gasteiger partial charge is 0.469 e. The SMILES string of the molecule is Cc1cccc2c1c1ccc3c4c1n2-c1ccccc1B4c1ccccc1O3.[C-]#[N+]c1cc2c3c4c1c1ccccc1n4-c1ccccc1B3c1ccccc1O2.[C-]#[N+]c1cc2c3ccccc3n3c2c2c1Oc1ccccc1B2c1ccccc1-3.[C-]#[N+]c1cccc2c1Oc1ccc3c4ccccc4n4c3c1B2c1ccccc1-4. The first kappa shape index (κ1) is 63.4. The molecule has 16 aromatic carbocycles. The van der Waals surface area contributed by atoms with Gasteiger partial charge in [0, 0.05) is 60.6 Å². The van der Waals surface area contributed by atoms with Crippen LogP contribution in [0.1, 0.15) is 5.56 Å². The molecule has 0 amide bonds. The Morgan fingerprint density at radius 3 is 1.20 bits per heavy atom. The summed E-state index contributed by atoms with van der Waals surface area (Å²) in [6, 6.07) is 110. The minimum absolute atomic E-state index is 0.0622. The molecule has 115 heavy (non-hydrogen) atoms. The molecule has 0 spiro atoms. The highest BCUT2D eigenvalue weighted by Crippen LogP contribution is 2.48. The van der Waals surface area contributed by atoms with Gasteiger partial charge in [-0.3, -0.25) is 0 Å². The third kappa shape index (κ3) is 8.43. The fraction of sp³-hybridized carbons (Fsp3) is 0.0100. The summed E-state index contributed by atoms with van der Waals surface area (Å²) in [4.78, 5) is 11.5. The van der Waals surface area contributed by atoms with Gasteiger partial charge in [0.1, 0.15) is 46.0 Å². The highest BCUT2D eigenvalue weighted by Gasteiger charge is 2.46. The molecule has 8 aliphatic heterocycles. The highest BCUT2D eigenvalue weighted by atomic mass is 16.5. The second kappa shape index (κ2) is 23.6. The number of aryl methyl sites for hydroxylation is 1. The van der Waals surface area contributed by atoms with Crippen molar-refractivity contribution in [3.63, 3.8) is 0 Å². The lowest BCUT2D eigenvalue weighted by atomic mass is 9.34. The van der Waals surface area contributed by atoms with Crippen molar-refractivity contribution in [1.29, 1.82) is 0 Å². The number of rotatable bonds is 0. The number of ether oxygens (including phenoxy) is 4. The number of hydrogen-bond acceptors (Lipinski definition) is 4. The third-order valence-corrected chi connectivity index (χ3v) is 25.2. The van der Waals surface area contributed by atoms with Gasteiger partial charge in [0.05, 0.1) is 58.3 Å². The standard InChI is InChI=1S/3C25H13BN2O.C25H16BNO/c1-27-19-14-16-15-8-2-5-11-20(15)28-21-12-6-3-9-17(21)26-18-10-4-7-13-22(18)29-25(19)23(26)24(16)28;1-27-18-14-22-24-25-23(18)15-8-2-5-11-19(15)28(25)20-12-6-3-9-16(20)26(24)17-10-4-7-13-21(17)29-22;1-27-19-10-6-9-18-25(19)29-22-14-13-16-15-7-2-4-11-20(15)28-21-12-5-3-8-17(21)26(18)23(22)24(16)28;1-15-7-6-11-20-23(15)16-13-14-22-24-25(16)27(20)19-10-4-2-8-17(19)26(24)18-9-3-5-12-21(18)28-22/h3*2-14H;2-14H,1H3. The van der Waals surface area contributed by atoms with E-state index < -0.39 is 0 Å². The molecular weight excluding hydrogens is 1410 g/mol. The van der Waals surface area contributed by atoms with Crippen LogP contribution < -0.4 is 84.5 Å². The summed E-state index contributed by atoms with van der Waals surface area (Å²) in [5.41, 5.74) is 32.1. The van der Waals surface area contributed by atoms with Crippen LogP contribution in [-0.4, -0.2) is 45.1 Å². The average Bonchev–Trinajstić information content (AvgIpc) is 1.59. The maximum atomic E-state index is 7.85. The molecule has 0 N–H and O–H groups in total. The molecule has 12 heterocycles. The summed E-state index contributed by atoms with van der Waals surface area (Å²) in [5.74, 6) is 6.71. The van der Waals surface area contributed by atoms with E-state index in [0.29, 0.717) is 28.6 Å². The second-order valence-corrected chi connectivity index (χ2v) is 30.7. The van der Waals surface area contributed by atoms with E-state index in [0.717, 1.165) is 89.1 Å². The summed E-state index contributed by atoms with van der Waals surface area (Å²) < 4.78 is 34.9. The highest BCUT2D eigenvalue weighted by molar-refractivity contribution is 7.01. The zero-order valence-electron chi connectivity index (χ0n) is 61.6. The summed E-state index contributed by atoms with van der Waals surface area (Å²) in [5, 5.41) is 9.58. The van der Waals surface area contributed by atoms with Crippen molar-refractivity contribution in [2.24, 2.45) is 0 Å². The number of hydrogen-bond donors (Lipinski definition) is 0. The lowest BCUT2D eigenvalue weighted by molar-refractivity contribution is 0.488. The quantitative estimate of drug-likeness (QED) is 0.112. The molecule has 0 saturated carbocycles. The molecule has 0 bridgehead atoms. The number of nitrogens with zero attached hydrogens (tertiary/aromatic N) is 7. The first-order chi connectivity index (χ1) is 56.9. The zero-order chi connectivity index (χ0) is 75.7. The first-order valence-corrected chi connectivity index (χ1v) is 38.9. The maximum Gasteiger partial charge on any atom is 0.256 e. The van der Waals surface area contributed by atoms with Crippen LogP contribution in [0.2, 0.25) is 0 Å². The molecule has 28 rings (SSSR count). The Morgan fingerprint density at radius 1 is 0.243 bits per heavy atom. The molecule has 0 radical (unpaired) electrons. The molecule has 8 aliphatic rings. The molecule has 0 aliphatic carbocycles.